The molecule has 0 amide bonds. The van der Waals surface area contributed by atoms with Crippen LogP contribution in [0.25, 0.3) is 0 Å². The zero-order chi connectivity index (χ0) is 9.97. The van der Waals surface area contributed by atoms with Gasteiger partial charge in [0.1, 0.15) is 5.82 Å². The molecule has 1 nitrogen and oxygen atoms in total. The molecule has 1 aromatic carbocycles. The van der Waals surface area contributed by atoms with E-state index in [1.807, 2.05) is 6.07 Å². The molecule has 0 radical (unpaired) electrons. The average Bonchev–Trinajstić information content (AvgIpc) is 2.66. The number of hydrogen-bond donors (Lipinski definition) is 1. The molecule has 1 aliphatic rings. The monoisotopic (exact) mass is 213 g/mol. The lowest BCUT2D eigenvalue weighted by Gasteiger charge is -2.11. The van der Waals surface area contributed by atoms with Crippen LogP contribution in [0, 0.1) is 5.82 Å². The van der Waals surface area contributed by atoms with E-state index in [4.69, 9.17) is 11.6 Å². The Balaban J connectivity index is 2.11. The molecule has 2 rings (SSSR count). The molecule has 1 unspecified atom stereocenters. The summed E-state index contributed by atoms with van der Waals surface area (Å²) >= 11 is 5.87. The van der Waals surface area contributed by atoms with Crippen LogP contribution < -0.4 is 5.32 Å². The summed E-state index contributed by atoms with van der Waals surface area (Å²) < 4.78 is 13.1. The Hall–Kier alpha value is -0.600. The summed E-state index contributed by atoms with van der Waals surface area (Å²) in [5.74, 6) is -0.317. The number of rotatable bonds is 2. The van der Waals surface area contributed by atoms with Gasteiger partial charge < -0.3 is 5.32 Å². The fraction of sp³-hybridized carbons (Fsp3) is 0.455. The van der Waals surface area contributed by atoms with Gasteiger partial charge in [-0.2, -0.15) is 0 Å². The molecule has 0 aromatic heterocycles. The Morgan fingerprint density at radius 3 is 3.07 bits per heavy atom. The molecule has 3 heteroatoms. The van der Waals surface area contributed by atoms with E-state index in [9.17, 15) is 4.39 Å². The standard InChI is InChI=1S/C11H13ClFN/c12-11-8(3-1-5-10(11)13)7-9-4-2-6-14-9/h1,3,5,9,14H,2,4,6-7H2. The molecule has 0 spiro atoms. The largest absolute Gasteiger partial charge is 0.314 e. The lowest BCUT2D eigenvalue weighted by molar-refractivity contribution is 0.593. The minimum absolute atomic E-state index is 0.279. The third-order valence-electron chi connectivity index (χ3n) is 2.66. The summed E-state index contributed by atoms with van der Waals surface area (Å²) in [6.07, 6.45) is 3.20. The molecule has 0 aliphatic carbocycles. The van der Waals surface area contributed by atoms with E-state index in [1.54, 1.807) is 6.07 Å². The van der Waals surface area contributed by atoms with Crippen molar-refractivity contribution >= 4 is 11.6 Å². The first-order chi connectivity index (χ1) is 6.77. The van der Waals surface area contributed by atoms with Crippen molar-refractivity contribution in [1.29, 1.82) is 0 Å². The molecule has 1 fully saturated rings. The normalized spacial score (nSPS) is 21.4. The second-order valence-corrected chi connectivity index (χ2v) is 4.09. The van der Waals surface area contributed by atoms with Crippen molar-refractivity contribution in [2.75, 3.05) is 6.54 Å². The SMILES string of the molecule is Fc1cccc(CC2CCCN2)c1Cl. The van der Waals surface area contributed by atoms with Gasteiger partial charge in [-0.05, 0) is 37.4 Å². The molecule has 76 valence electrons. The highest BCUT2D eigenvalue weighted by atomic mass is 35.5. The van der Waals surface area contributed by atoms with Crippen LogP contribution in [0.15, 0.2) is 18.2 Å². The molecule has 14 heavy (non-hydrogen) atoms. The fourth-order valence-corrected chi connectivity index (χ4v) is 2.11. The van der Waals surface area contributed by atoms with Gasteiger partial charge in [0.25, 0.3) is 0 Å². The predicted octanol–water partition coefficient (Wildman–Crippen LogP) is 2.77. The first-order valence-electron chi connectivity index (χ1n) is 4.93. The van der Waals surface area contributed by atoms with Gasteiger partial charge in [-0.25, -0.2) is 4.39 Å². The summed E-state index contributed by atoms with van der Waals surface area (Å²) in [6, 6.07) is 5.47. The number of halogens is 2. The average molecular weight is 214 g/mol. The van der Waals surface area contributed by atoms with Gasteiger partial charge in [-0.1, -0.05) is 23.7 Å². The summed E-state index contributed by atoms with van der Waals surface area (Å²) in [7, 11) is 0. The van der Waals surface area contributed by atoms with E-state index >= 15 is 0 Å². The highest BCUT2D eigenvalue weighted by Gasteiger charge is 2.16. The minimum atomic E-state index is -0.317. The van der Waals surface area contributed by atoms with Crippen molar-refractivity contribution in [3.8, 4) is 0 Å². The molecule has 1 aromatic rings. The first kappa shape index (κ1) is 9.94. The molecule has 1 atom stereocenters. The van der Waals surface area contributed by atoms with Gasteiger partial charge in [0.15, 0.2) is 0 Å². The molecular weight excluding hydrogens is 201 g/mol. The highest BCUT2D eigenvalue weighted by Crippen LogP contribution is 2.22. The maximum absolute atomic E-state index is 13.1. The van der Waals surface area contributed by atoms with Crippen LogP contribution in [0.2, 0.25) is 5.02 Å². The zero-order valence-corrected chi connectivity index (χ0v) is 8.65. The van der Waals surface area contributed by atoms with Gasteiger partial charge in [0.05, 0.1) is 5.02 Å². The summed E-state index contributed by atoms with van der Waals surface area (Å²) in [5.41, 5.74) is 0.908. The third kappa shape index (κ3) is 2.07. The van der Waals surface area contributed by atoms with E-state index in [2.05, 4.69) is 5.32 Å². The number of benzene rings is 1. The van der Waals surface area contributed by atoms with Gasteiger partial charge in [0, 0.05) is 6.04 Å². The molecule has 0 bridgehead atoms. The van der Waals surface area contributed by atoms with E-state index in [1.165, 1.54) is 12.5 Å². The summed E-state index contributed by atoms with van der Waals surface area (Å²) in [5, 5.41) is 3.65. The number of hydrogen-bond acceptors (Lipinski definition) is 1. The summed E-state index contributed by atoms with van der Waals surface area (Å²) in [6.45, 7) is 1.07. The van der Waals surface area contributed by atoms with Crippen molar-refractivity contribution in [2.24, 2.45) is 0 Å². The summed E-state index contributed by atoms with van der Waals surface area (Å²) in [4.78, 5) is 0. The molecular formula is C11H13ClFN. The van der Waals surface area contributed by atoms with Gasteiger partial charge in [-0.3, -0.25) is 0 Å². The quantitative estimate of drug-likeness (QED) is 0.797. The number of nitrogens with one attached hydrogen (secondary N) is 1. The molecule has 1 aliphatic heterocycles. The molecule has 1 saturated heterocycles. The lowest BCUT2D eigenvalue weighted by Crippen LogP contribution is -2.23. The first-order valence-corrected chi connectivity index (χ1v) is 5.31. The second kappa shape index (κ2) is 4.28. The Kier molecular flexibility index (Phi) is 3.04. The van der Waals surface area contributed by atoms with Crippen molar-refractivity contribution in [3.63, 3.8) is 0 Å². The molecule has 1 heterocycles. The Morgan fingerprint density at radius 1 is 1.50 bits per heavy atom. The molecule has 1 N–H and O–H groups in total. The van der Waals surface area contributed by atoms with E-state index < -0.39 is 0 Å². The molecule has 0 saturated carbocycles. The Labute approximate surface area is 88.3 Å². The van der Waals surface area contributed by atoms with Crippen LogP contribution in [0.3, 0.4) is 0 Å². The lowest BCUT2D eigenvalue weighted by atomic mass is 10.0. The third-order valence-corrected chi connectivity index (χ3v) is 3.08. The van der Waals surface area contributed by atoms with Crippen molar-refractivity contribution < 1.29 is 4.39 Å². The van der Waals surface area contributed by atoms with Crippen molar-refractivity contribution in [1.82, 2.24) is 5.32 Å². The topological polar surface area (TPSA) is 12.0 Å². The van der Waals surface area contributed by atoms with Crippen molar-refractivity contribution in [2.45, 2.75) is 25.3 Å². The minimum Gasteiger partial charge on any atom is -0.314 e. The van der Waals surface area contributed by atoms with Gasteiger partial charge >= 0.3 is 0 Å². The predicted molar refractivity (Wildman–Crippen MR) is 56.1 cm³/mol. The maximum Gasteiger partial charge on any atom is 0.142 e. The van der Waals surface area contributed by atoms with Crippen LogP contribution in [0.1, 0.15) is 18.4 Å². The van der Waals surface area contributed by atoms with Crippen LogP contribution >= 0.6 is 11.6 Å². The second-order valence-electron chi connectivity index (χ2n) is 3.71. The van der Waals surface area contributed by atoms with Crippen LogP contribution in [-0.4, -0.2) is 12.6 Å². The zero-order valence-electron chi connectivity index (χ0n) is 7.89. The fourth-order valence-electron chi connectivity index (χ4n) is 1.90. The highest BCUT2D eigenvalue weighted by molar-refractivity contribution is 6.31. The Bertz CT molecular complexity index is 321. The maximum atomic E-state index is 13.1. The van der Waals surface area contributed by atoms with E-state index in [-0.39, 0.29) is 10.8 Å². The smallest absolute Gasteiger partial charge is 0.142 e. The Morgan fingerprint density at radius 2 is 2.36 bits per heavy atom. The van der Waals surface area contributed by atoms with Gasteiger partial charge in [-0.15, -0.1) is 0 Å². The van der Waals surface area contributed by atoms with Crippen LogP contribution in [0.5, 0.6) is 0 Å². The van der Waals surface area contributed by atoms with Crippen LogP contribution in [0.4, 0.5) is 4.39 Å². The van der Waals surface area contributed by atoms with E-state index in [0.29, 0.717) is 6.04 Å². The van der Waals surface area contributed by atoms with Crippen LogP contribution in [-0.2, 0) is 6.42 Å². The van der Waals surface area contributed by atoms with Crippen molar-refractivity contribution in [3.05, 3.63) is 34.6 Å². The van der Waals surface area contributed by atoms with E-state index in [0.717, 1.165) is 24.9 Å². The van der Waals surface area contributed by atoms with Gasteiger partial charge in [0.2, 0.25) is 0 Å².